The van der Waals surface area contributed by atoms with Crippen molar-refractivity contribution in [2.45, 2.75) is 18.4 Å². The zero-order valence-electron chi connectivity index (χ0n) is 16.4. The molecule has 0 spiro atoms. The van der Waals surface area contributed by atoms with Crippen LogP contribution in [0.5, 0.6) is 5.75 Å². The number of sulfonamides is 1. The van der Waals surface area contributed by atoms with E-state index in [1.807, 2.05) is 18.4 Å². The molecular weight excluding hydrogens is 408 g/mol. The summed E-state index contributed by atoms with van der Waals surface area (Å²) >= 11 is 1.57. The zero-order chi connectivity index (χ0) is 21.0. The van der Waals surface area contributed by atoms with E-state index in [9.17, 15) is 13.2 Å². The van der Waals surface area contributed by atoms with Crippen LogP contribution in [-0.2, 0) is 16.6 Å². The highest BCUT2D eigenvalue weighted by Gasteiger charge is 2.22. The first-order chi connectivity index (χ1) is 13.8. The maximum atomic E-state index is 13.0. The van der Waals surface area contributed by atoms with Gasteiger partial charge in [-0.15, -0.1) is 11.3 Å². The molecule has 0 atom stereocenters. The summed E-state index contributed by atoms with van der Waals surface area (Å²) in [7, 11) is -0.795. The molecule has 3 rings (SSSR count). The van der Waals surface area contributed by atoms with Crippen LogP contribution in [0.4, 0.5) is 5.69 Å². The second-order valence-corrected chi connectivity index (χ2v) is 9.38. The van der Waals surface area contributed by atoms with Gasteiger partial charge in [-0.3, -0.25) is 9.10 Å². The van der Waals surface area contributed by atoms with Gasteiger partial charge in [0.05, 0.1) is 24.2 Å². The van der Waals surface area contributed by atoms with Crippen LogP contribution in [0.25, 0.3) is 0 Å². The maximum absolute atomic E-state index is 13.0. The largest absolute Gasteiger partial charge is 0.497 e. The number of amides is 1. The summed E-state index contributed by atoms with van der Waals surface area (Å²) in [4.78, 5) is 13.6. The van der Waals surface area contributed by atoms with Crippen molar-refractivity contribution >= 4 is 33.0 Å². The number of ether oxygens (including phenoxy) is 1. The third-order valence-corrected chi connectivity index (χ3v) is 7.37. The van der Waals surface area contributed by atoms with E-state index in [0.717, 1.165) is 10.4 Å². The lowest BCUT2D eigenvalue weighted by Crippen LogP contribution is -2.27. The minimum Gasteiger partial charge on any atom is -0.497 e. The Labute approximate surface area is 174 Å². The van der Waals surface area contributed by atoms with Gasteiger partial charge in [-0.05, 0) is 66.4 Å². The fraction of sp³-hybridized carbons (Fsp3) is 0.190. The van der Waals surface area contributed by atoms with E-state index in [4.69, 9.17) is 4.74 Å². The van der Waals surface area contributed by atoms with Crippen LogP contribution in [0.15, 0.2) is 64.9 Å². The van der Waals surface area contributed by atoms with Crippen LogP contribution in [0, 0.1) is 6.92 Å². The van der Waals surface area contributed by atoms with E-state index in [1.54, 1.807) is 54.8 Å². The van der Waals surface area contributed by atoms with Crippen LogP contribution in [0.1, 0.15) is 20.8 Å². The second kappa shape index (κ2) is 8.67. The van der Waals surface area contributed by atoms with Crippen molar-refractivity contribution in [1.82, 2.24) is 5.32 Å². The van der Waals surface area contributed by atoms with Gasteiger partial charge in [0, 0.05) is 17.5 Å². The lowest BCUT2D eigenvalue weighted by atomic mass is 10.2. The summed E-state index contributed by atoms with van der Waals surface area (Å²) in [6.45, 7) is 2.39. The Balaban J connectivity index is 1.79. The van der Waals surface area contributed by atoms with E-state index >= 15 is 0 Å². The van der Waals surface area contributed by atoms with Crippen molar-refractivity contribution in [3.8, 4) is 5.75 Å². The molecule has 0 unspecified atom stereocenters. The molecule has 0 aliphatic heterocycles. The number of aryl methyl sites for hydroxylation is 1. The first kappa shape index (κ1) is 20.9. The Morgan fingerprint density at radius 3 is 2.48 bits per heavy atom. The van der Waals surface area contributed by atoms with Gasteiger partial charge in [0.2, 0.25) is 0 Å². The summed E-state index contributed by atoms with van der Waals surface area (Å²) in [6.07, 6.45) is 0. The molecule has 152 valence electrons. The standard InChI is InChI=1S/C21H22N2O4S2/c1-15-11-12-28-20(15)14-22-21(24)16-5-4-6-19(13-16)29(25,26)23(2)17-7-9-18(27-3)10-8-17/h4-13H,14H2,1-3H3,(H,22,24). The molecular formula is C21H22N2O4S2. The summed E-state index contributed by atoms with van der Waals surface area (Å²) in [6, 6.07) is 14.8. The zero-order valence-corrected chi connectivity index (χ0v) is 18.0. The molecule has 0 saturated carbocycles. The fourth-order valence-electron chi connectivity index (χ4n) is 2.73. The van der Waals surface area contributed by atoms with Gasteiger partial charge in [0.1, 0.15) is 5.75 Å². The molecule has 0 radical (unpaired) electrons. The van der Waals surface area contributed by atoms with Crippen LogP contribution in [0.3, 0.4) is 0 Å². The third kappa shape index (κ3) is 4.60. The fourth-order valence-corrected chi connectivity index (χ4v) is 4.82. The van der Waals surface area contributed by atoms with E-state index < -0.39 is 10.0 Å². The monoisotopic (exact) mass is 430 g/mol. The van der Waals surface area contributed by atoms with Crippen molar-refractivity contribution in [3.05, 3.63) is 76.0 Å². The number of hydrogen-bond donors (Lipinski definition) is 1. The summed E-state index contributed by atoms with van der Waals surface area (Å²) in [5.74, 6) is 0.321. The predicted octanol–water partition coefficient (Wildman–Crippen LogP) is 3.82. The van der Waals surface area contributed by atoms with Gasteiger partial charge < -0.3 is 10.1 Å². The number of methoxy groups -OCH3 is 1. The quantitative estimate of drug-likeness (QED) is 0.618. The highest BCUT2D eigenvalue weighted by Crippen LogP contribution is 2.25. The average molecular weight is 431 g/mol. The molecule has 1 N–H and O–H groups in total. The number of anilines is 1. The highest BCUT2D eigenvalue weighted by molar-refractivity contribution is 7.92. The minimum absolute atomic E-state index is 0.0516. The minimum atomic E-state index is -3.82. The Morgan fingerprint density at radius 2 is 1.86 bits per heavy atom. The Kier molecular flexibility index (Phi) is 6.24. The predicted molar refractivity (Wildman–Crippen MR) is 115 cm³/mol. The van der Waals surface area contributed by atoms with Crippen LogP contribution in [-0.4, -0.2) is 28.5 Å². The number of nitrogens with zero attached hydrogens (tertiary/aromatic N) is 1. The van der Waals surface area contributed by atoms with E-state index in [1.165, 1.54) is 23.5 Å². The van der Waals surface area contributed by atoms with Crippen molar-refractivity contribution in [2.24, 2.45) is 0 Å². The number of benzene rings is 2. The molecule has 1 amide bonds. The number of thiophene rings is 1. The molecule has 8 heteroatoms. The van der Waals surface area contributed by atoms with Gasteiger partial charge in [0.25, 0.3) is 15.9 Å². The Hall–Kier alpha value is -2.84. The van der Waals surface area contributed by atoms with Crippen molar-refractivity contribution in [1.29, 1.82) is 0 Å². The number of hydrogen-bond acceptors (Lipinski definition) is 5. The lowest BCUT2D eigenvalue weighted by molar-refractivity contribution is 0.0951. The molecule has 0 aliphatic rings. The molecule has 3 aromatic rings. The van der Waals surface area contributed by atoms with Crippen molar-refractivity contribution in [2.75, 3.05) is 18.5 Å². The normalized spacial score (nSPS) is 11.1. The molecule has 0 bridgehead atoms. The van der Waals surface area contributed by atoms with E-state index in [-0.39, 0.29) is 10.8 Å². The Morgan fingerprint density at radius 1 is 1.14 bits per heavy atom. The number of carbonyl (C=O) groups is 1. The van der Waals surface area contributed by atoms with Crippen LogP contribution in [0.2, 0.25) is 0 Å². The SMILES string of the molecule is COc1ccc(N(C)S(=O)(=O)c2cccc(C(=O)NCc3sccc3C)c2)cc1. The first-order valence-electron chi connectivity index (χ1n) is 8.87. The number of carbonyl (C=O) groups excluding carboxylic acids is 1. The lowest BCUT2D eigenvalue weighted by Gasteiger charge is -2.20. The number of nitrogens with one attached hydrogen (secondary N) is 1. The topological polar surface area (TPSA) is 75.7 Å². The van der Waals surface area contributed by atoms with Crippen LogP contribution < -0.4 is 14.4 Å². The first-order valence-corrected chi connectivity index (χ1v) is 11.2. The van der Waals surface area contributed by atoms with Gasteiger partial charge in [-0.2, -0.15) is 0 Å². The molecule has 0 fully saturated rings. The molecule has 2 aromatic carbocycles. The van der Waals surface area contributed by atoms with E-state index in [2.05, 4.69) is 5.32 Å². The highest BCUT2D eigenvalue weighted by atomic mass is 32.2. The van der Waals surface area contributed by atoms with E-state index in [0.29, 0.717) is 23.5 Å². The van der Waals surface area contributed by atoms with Crippen molar-refractivity contribution < 1.29 is 17.9 Å². The summed E-state index contributed by atoms with van der Waals surface area (Å²) in [5.41, 5.74) is 1.91. The molecule has 0 saturated heterocycles. The molecule has 0 aliphatic carbocycles. The third-order valence-electron chi connectivity index (χ3n) is 4.57. The number of rotatable bonds is 7. The van der Waals surface area contributed by atoms with Crippen LogP contribution >= 0.6 is 11.3 Å². The smallest absolute Gasteiger partial charge is 0.264 e. The Bertz CT molecular complexity index is 1110. The molecule has 1 aromatic heterocycles. The van der Waals surface area contributed by atoms with Gasteiger partial charge >= 0.3 is 0 Å². The van der Waals surface area contributed by atoms with Gasteiger partial charge in [-0.1, -0.05) is 6.07 Å². The summed E-state index contributed by atoms with van der Waals surface area (Å²) in [5, 5.41) is 4.81. The molecule has 29 heavy (non-hydrogen) atoms. The van der Waals surface area contributed by atoms with Gasteiger partial charge in [0.15, 0.2) is 0 Å². The molecule has 6 nitrogen and oxygen atoms in total. The second-order valence-electron chi connectivity index (χ2n) is 6.41. The van der Waals surface area contributed by atoms with Crippen molar-refractivity contribution in [3.63, 3.8) is 0 Å². The molecule has 1 heterocycles. The average Bonchev–Trinajstić information content (AvgIpc) is 3.16. The maximum Gasteiger partial charge on any atom is 0.264 e. The van der Waals surface area contributed by atoms with Gasteiger partial charge in [-0.25, -0.2) is 8.42 Å². The summed E-state index contributed by atoms with van der Waals surface area (Å²) < 4.78 is 32.3.